The Bertz CT molecular complexity index is 1390. The molecule has 188 valence electrons. The number of amidine groups is 1. The third kappa shape index (κ3) is 5.90. The largest absolute Gasteiger partial charge is 0.281 e. The van der Waals surface area contributed by atoms with Gasteiger partial charge in [0.25, 0.3) is 5.91 Å². The van der Waals surface area contributed by atoms with Gasteiger partial charge in [-0.2, -0.15) is 4.99 Å². The second kappa shape index (κ2) is 11.7. The maximum Gasteiger partial charge on any atom is 0.280 e. The van der Waals surface area contributed by atoms with Crippen LogP contribution in [0, 0.1) is 0 Å². The van der Waals surface area contributed by atoms with Gasteiger partial charge in [-0.15, -0.1) is 5.10 Å². The lowest BCUT2D eigenvalue weighted by Gasteiger charge is -2.19. The minimum atomic E-state index is -0.343. The first-order valence-corrected chi connectivity index (χ1v) is 13.4. The predicted molar refractivity (Wildman–Crippen MR) is 148 cm³/mol. The van der Waals surface area contributed by atoms with Gasteiger partial charge in [0.2, 0.25) is 0 Å². The van der Waals surface area contributed by atoms with Crippen LogP contribution in [0.1, 0.15) is 42.1 Å². The first-order valence-electron chi connectivity index (χ1n) is 12.1. The molecule has 1 aromatic heterocycles. The molecule has 1 atom stereocenters. The topological polar surface area (TPSA) is 99.2 Å². The molecule has 1 unspecified atom stereocenters. The van der Waals surface area contributed by atoms with Crippen LogP contribution in [0.4, 0.5) is 0 Å². The molecule has 2 N–H and O–H groups in total. The van der Waals surface area contributed by atoms with Gasteiger partial charge >= 0.3 is 0 Å². The van der Waals surface area contributed by atoms with Gasteiger partial charge in [-0.25, -0.2) is 10.5 Å². The van der Waals surface area contributed by atoms with Gasteiger partial charge in [0.15, 0.2) is 11.0 Å². The molecule has 0 bridgehead atoms. The van der Waals surface area contributed by atoms with Gasteiger partial charge in [-0.05, 0) is 45.7 Å². The molecule has 37 heavy (non-hydrogen) atoms. The van der Waals surface area contributed by atoms with Crippen molar-refractivity contribution in [3.8, 4) is 22.5 Å². The number of carbonyl (C=O) groups is 1. The van der Waals surface area contributed by atoms with E-state index in [1.807, 2.05) is 23.2 Å². The Morgan fingerprint density at radius 3 is 2.54 bits per heavy atom. The van der Waals surface area contributed by atoms with Gasteiger partial charge in [0.1, 0.15) is 0 Å². The average molecular weight is 532 g/mol. The zero-order chi connectivity index (χ0) is 25.6. The lowest BCUT2D eigenvalue weighted by atomic mass is 9.98. The molecule has 5 rings (SSSR count). The number of hydrazine groups is 1. The number of carbonyl (C=O) groups excluding carboxylic acids is 1. The average Bonchev–Trinajstić information content (AvgIpc) is 3.59. The number of thioether (sulfide) groups is 1. The van der Waals surface area contributed by atoms with Crippen molar-refractivity contribution in [1.82, 2.24) is 31.1 Å². The fraction of sp³-hybridized carbons (Fsp3) is 0.222. The Labute approximate surface area is 224 Å². The van der Waals surface area contributed by atoms with E-state index in [1.165, 1.54) is 0 Å². The fourth-order valence-corrected chi connectivity index (χ4v) is 5.44. The minimum Gasteiger partial charge on any atom is -0.281 e. The molecule has 2 heterocycles. The number of hydrogen-bond acceptors (Lipinski definition) is 6. The summed E-state index contributed by atoms with van der Waals surface area (Å²) in [5.41, 5.74) is 8.04. The summed E-state index contributed by atoms with van der Waals surface area (Å²) in [5, 5.41) is 17.5. The molecule has 8 nitrogen and oxygen atoms in total. The summed E-state index contributed by atoms with van der Waals surface area (Å²) in [4.78, 5) is 17.4. The van der Waals surface area contributed by atoms with Crippen LogP contribution in [-0.4, -0.2) is 42.1 Å². The number of amides is 1. The summed E-state index contributed by atoms with van der Waals surface area (Å²) in [6.45, 7) is 2.74. The van der Waals surface area contributed by atoms with Crippen molar-refractivity contribution in [1.29, 1.82) is 0 Å². The Balaban J connectivity index is 1.37. The summed E-state index contributed by atoms with van der Waals surface area (Å²) in [6.07, 6.45) is 3.19. The summed E-state index contributed by atoms with van der Waals surface area (Å²) < 4.78 is 0. The molecule has 1 aliphatic rings. The highest BCUT2D eigenvalue weighted by atomic mass is 35.5. The molecule has 1 amide bonds. The van der Waals surface area contributed by atoms with Crippen LogP contribution in [0.25, 0.3) is 22.5 Å². The van der Waals surface area contributed by atoms with Crippen LogP contribution >= 0.6 is 23.4 Å². The first kappa shape index (κ1) is 25.1. The molecule has 1 saturated heterocycles. The molecule has 0 spiro atoms. The number of benzene rings is 3. The van der Waals surface area contributed by atoms with Crippen LogP contribution in [0.15, 0.2) is 77.8 Å². The highest BCUT2D eigenvalue weighted by molar-refractivity contribution is 8.14. The van der Waals surface area contributed by atoms with Gasteiger partial charge < -0.3 is 0 Å². The van der Waals surface area contributed by atoms with Crippen molar-refractivity contribution in [2.24, 2.45) is 4.99 Å². The lowest BCUT2D eigenvalue weighted by molar-refractivity contribution is 0.100. The van der Waals surface area contributed by atoms with Gasteiger partial charge in [0.05, 0.1) is 22.5 Å². The van der Waals surface area contributed by atoms with Crippen LogP contribution in [0.5, 0.6) is 0 Å². The van der Waals surface area contributed by atoms with E-state index in [2.05, 4.69) is 68.3 Å². The van der Waals surface area contributed by atoms with Gasteiger partial charge in [-0.3, -0.25) is 9.80 Å². The van der Waals surface area contributed by atoms with E-state index in [0.29, 0.717) is 28.1 Å². The number of hydrogen-bond donors (Lipinski definition) is 2. The van der Waals surface area contributed by atoms with E-state index >= 15 is 0 Å². The maximum absolute atomic E-state index is 12.9. The SMILES string of the molecule is CCCCC1NN(Cc2ccc(-c3ccccc3-c3nnn[nH]3)cc2)C(=NC(=O)c2ccccc2Cl)S1. The number of aromatic nitrogens is 4. The molecular formula is C27H26ClN7OS. The van der Waals surface area contributed by atoms with Crippen molar-refractivity contribution < 1.29 is 4.79 Å². The second-order valence-electron chi connectivity index (χ2n) is 8.64. The van der Waals surface area contributed by atoms with E-state index in [1.54, 1.807) is 36.0 Å². The maximum atomic E-state index is 12.9. The number of H-pyrrole nitrogens is 1. The third-order valence-corrected chi connectivity index (χ3v) is 7.51. The minimum absolute atomic E-state index is 0.166. The molecule has 1 fully saturated rings. The number of aromatic amines is 1. The normalized spacial score (nSPS) is 16.4. The van der Waals surface area contributed by atoms with E-state index in [4.69, 9.17) is 11.6 Å². The summed E-state index contributed by atoms with van der Waals surface area (Å²) in [5.74, 6) is 0.282. The Morgan fingerprint density at radius 2 is 1.81 bits per heavy atom. The number of nitrogens with zero attached hydrogens (tertiary/aromatic N) is 5. The fourth-order valence-electron chi connectivity index (χ4n) is 4.13. The highest BCUT2D eigenvalue weighted by Gasteiger charge is 2.29. The zero-order valence-corrected chi connectivity index (χ0v) is 21.8. The van der Waals surface area contributed by atoms with Crippen LogP contribution < -0.4 is 5.43 Å². The quantitative estimate of drug-likeness (QED) is 0.289. The molecule has 10 heteroatoms. The number of aliphatic imine (C=N–C) groups is 1. The number of nitrogens with one attached hydrogen (secondary N) is 2. The monoisotopic (exact) mass is 531 g/mol. The van der Waals surface area contributed by atoms with Gasteiger partial charge in [-0.1, -0.05) is 104 Å². The standard InChI is InChI=1S/C27H26ClN7OS/c1-2-3-12-24-32-35(27(37-24)29-26(36)22-10-6-7-11-23(22)28)17-18-13-15-19(16-14-18)20-8-4-5-9-21(20)25-30-33-34-31-25/h4-11,13-16,24,32H,2-3,12,17H2,1H3,(H,30,31,33,34). The third-order valence-electron chi connectivity index (χ3n) is 6.03. The van der Waals surface area contributed by atoms with Crippen LogP contribution in [-0.2, 0) is 6.54 Å². The number of halogens is 1. The summed E-state index contributed by atoms with van der Waals surface area (Å²) in [7, 11) is 0. The molecule has 0 radical (unpaired) electrons. The predicted octanol–water partition coefficient (Wildman–Crippen LogP) is 5.95. The van der Waals surface area contributed by atoms with E-state index < -0.39 is 0 Å². The van der Waals surface area contributed by atoms with Crippen molar-refractivity contribution >= 4 is 34.4 Å². The van der Waals surface area contributed by atoms with Crippen LogP contribution in [0.2, 0.25) is 5.02 Å². The first-order chi connectivity index (χ1) is 18.1. The number of unbranched alkanes of at least 4 members (excludes halogenated alkanes) is 1. The second-order valence-corrected chi connectivity index (χ2v) is 10.2. The molecular weight excluding hydrogens is 506 g/mol. The van der Waals surface area contributed by atoms with Gasteiger partial charge in [0, 0.05) is 5.56 Å². The number of rotatable bonds is 8. The lowest BCUT2D eigenvalue weighted by Crippen LogP contribution is -2.37. The molecule has 0 aliphatic carbocycles. The zero-order valence-electron chi connectivity index (χ0n) is 20.3. The van der Waals surface area contributed by atoms with Crippen molar-refractivity contribution in [2.75, 3.05) is 0 Å². The Hall–Kier alpha value is -3.53. The summed E-state index contributed by atoms with van der Waals surface area (Å²) >= 11 is 7.82. The van der Waals surface area contributed by atoms with E-state index in [0.717, 1.165) is 41.5 Å². The smallest absolute Gasteiger partial charge is 0.280 e. The van der Waals surface area contributed by atoms with Crippen molar-refractivity contribution in [3.05, 3.63) is 88.9 Å². The summed E-state index contributed by atoms with van der Waals surface area (Å²) in [6, 6.07) is 23.3. The molecule has 0 saturated carbocycles. The van der Waals surface area contributed by atoms with Crippen molar-refractivity contribution in [3.63, 3.8) is 0 Å². The van der Waals surface area contributed by atoms with E-state index in [9.17, 15) is 4.79 Å². The molecule has 1 aliphatic heterocycles. The number of tetrazole rings is 1. The molecule has 4 aromatic rings. The Kier molecular flexibility index (Phi) is 7.93. The highest BCUT2D eigenvalue weighted by Crippen LogP contribution is 2.31. The van der Waals surface area contributed by atoms with E-state index in [-0.39, 0.29) is 11.3 Å². The Morgan fingerprint density at radius 1 is 1.05 bits per heavy atom. The van der Waals surface area contributed by atoms with Crippen LogP contribution in [0.3, 0.4) is 0 Å². The molecule has 3 aromatic carbocycles. The van der Waals surface area contributed by atoms with Crippen molar-refractivity contribution in [2.45, 2.75) is 38.1 Å².